The number of nitrogens with two attached hydrogens (primary N) is 1. The first kappa shape index (κ1) is 14.7. The molecule has 110 valence electrons. The molecule has 1 amide bonds. The molecule has 3 nitrogen and oxygen atoms in total. The Bertz CT molecular complexity index is 311. The molecule has 5 heteroatoms. The van der Waals surface area contributed by atoms with Crippen molar-refractivity contribution in [3.05, 3.63) is 0 Å². The van der Waals surface area contributed by atoms with E-state index in [-0.39, 0.29) is 24.7 Å². The molecule has 0 spiro atoms. The molecule has 0 radical (unpaired) electrons. The summed E-state index contributed by atoms with van der Waals surface area (Å²) in [5.41, 5.74) is 5.57. The van der Waals surface area contributed by atoms with Gasteiger partial charge in [-0.05, 0) is 44.6 Å². The number of alkyl halides is 2. The summed E-state index contributed by atoms with van der Waals surface area (Å²) in [6.07, 6.45) is 3.50. The van der Waals surface area contributed by atoms with Crippen LogP contribution in [0.5, 0.6) is 0 Å². The molecule has 1 heterocycles. The van der Waals surface area contributed by atoms with Gasteiger partial charge in [-0.1, -0.05) is 0 Å². The number of carbonyl (C=O) groups excluding carboxylic acids is 1. The second-order valence-corrected chi connectivity index (χ2v) is 6.00. The van der Waals surface area contributed by atoms with Crippen LogP contribution in [-0.4, -0.2) is 36.4 Å². The average Bonchev–Trinajstić information content (AvgIpc) is 2.39. The van der Waals surface area contributed by atoms with Crippen LogP contribution in [0.4, 0.5) is 8.78 Å². The minimum atomic E-state index is -2.55. The maximum atomic E-state index is 13.1. The van der Waals surface area contributed by atoms with Crippen molar-refractivity contribution < 1.29 is 13.6 Å². The fraction of sp³-hybridized carbons (Fsp3) is 0.929. The minimum Gasteiger partial charge on any atom is -0.342 e. The summed E-state index contributed by atoms with van der Waals surface area (Å²) in [7, 11) is 0. The Balaban J connectivity index is 1.85. The lowest BCUT2D eigenvalue weighted by Crippen LogP contribution is -2.44. The molecular weight excluding hydrogens is 250 g/mol. The number of piperidine rings is 1. The predicted molar refractivity (Wildman–Crippen MR) is 69.9 cm³/mol. The van der Waals surface area contributed by atoms with Crippen molar-refractivity contribution in [2.45, 2.75) is 50.9 Å². The summed E-state index contributed by atoms with van der Waals surface area (Å²) in [5.74, 6) is -2.15. The van der Waals surface area contributed by atoms with Gasteiger partial charge in [0.2, 0.25) is 11.8 Å². The number of hydrogen-bond donors (Lipinski definition) is 1. The van der Waals surface area contributed by atoms with E-state index in [0.29, 0.717) is 25.3 Å². The van der Waals surface area contributed by atoms with Gasteiger partial charge in [-0.3, -0.25) is 4.79 Å². The Labute approximate surface area is 113 Å². The van der Waals surface area contributed by atoms with E-state index < -0.39 is 5.92 Å². The Morgan fingerprint density at radius 3 is 2.58 bits per heavy atom. The zero-order valence-corrected chi connectivity index (χ0v) is 11.4. The van der Waals surface area contributed by atoms with Crippen LogP contribution in [0, 0.1) is 11.8 Å². The number of carbonyl (C=O) groups is 1. The van der Waals surface area contributed by atoms with Gasteiger partial charge in [0, 0.05) is 31.8 Å². The minimum absolute atomic E-state index is 0.0946. The van der Waals surface area contributed by atoms with Gasteiger partial charge >= 0.3 is 0 Å². The van der Waals surface area contributed by atoms with Gasteiger partial charge in [0.1, 0.15) is 0 Å². The van der Waals surface area contributed by atoms with Crippen LogP contribution in [0.2, 0.25) is 0 Å². The van der Waals surface area contributed by atoms with E-state index in [0.717, 1.165) is 32.4 Å². The van der Waals surface area contributed by atoms with E-state index in [1.807, 2.05) is 4.90 Å². The summed E-state index contributed by atoms with van der Waals surface area (Å²) in [6, 6.07) is 0. The van der Waals surface area contributed by atoms with Crippen molar-refractivity contribution in [1.29, 1.82) is 0 Å². The average molecular weight is 274 g/mol. The predicted octanol–water partition coefficient (Wildman–Crippen LogP) is 2.40. The van der Waals surface area contributed by atoms with E-state index in [1.165, 1.54) is 0 Å². The fourth-order valence-corrected chi connectivity index (χ4v) is 3.28. The quantitative estimate of drug-likeness (QED) is 0.859. The van der Waals surface area contributed by atoms with Gasteiger partial charge in [-0.15, -0.1) is 0 Å². The number of likely N-dealkylation sites (tertiary alicyclic amines) is 1. The zero-order valence-electron chi connectivity index (χ0n) is 11.4. The SMILES string of the molecule is NCCC1CCCN(C(=O)C2CCC(F)(F)CC2)C1. The van der Waals surface area contributed by atoms with E-state index in [1.54, 1.807) is 0 Å². The smallest absolute Gasteiger partial charge is 0.248 e. The lowest BCUT2D eigenvalue weighted by Gasteiger charge is -2.36. The summed E-state index contributed by atoms with van der Waals surface area (Å²) in [4.78, 5) is 14.3. The summed E-state index contributed by atoms with van der Waals surface area (Å²) < 4.78 is 26.2. The molecule has 1 aliphatic carbocycles. The molecule has 2 N–H and O–H groups in total. The van der Waals surface area contributed by atoms with Gasteiger partial charge < -0.3 is 10.6 Å². The third-order valence-electron chi connectivity index (χ3n) is 4.47. The second kappa shape index (κ2) is 6.16. The largest absolute Gasteiger partial charge is 0.342 e. The molecule has 1 saturated carbocycles. The number of hydrogen-bond acceptors (Lipinski definition) is 2. The van der Waals surface area contributed by atoms with Gasteiger partial charge in [0.15, 0.2) is 0 Å². The monoisotopic (exact) mass is 274 g/mol. The van der Waals surface area contributed by atoms with Gasteiger partial charge in [0.25, 0.3) is 0 Å². The molecule has 1 aliphatic heterocycles. The van der Waals surface area contributed by atoms with Crippen molar-refractivity contribution in [1.82, 2.24) is 4.90 Å². The van der Waals surface area contributed by atoms with E-state index >= 15 is 0 Å². The standard InChI is InChI=1S/C14H24F2N2O/c15-14(16)6-3-12(4-7-14)13(19)18-9-1-2-11(10-18)5-8-17/h11-12H,1-10,17H2. The Hall–Kier alpha value is -0.710. The third kappa shape index (κ3) is 3.88. The zero-order chi connectivity index (χ0) is 13.9. The van der Waals surface area contributed by atoms with Crippen LogP contribution >= 0.6 is 0 Å². The number of nitrogens with zero attached hydrogens (tertiary/aromatic N) is 1. The lowest BCUT2D eigenvalue weighted by atomic mass is 9.85. The maximum absolute atomic E-state index is 13.1. The number of amides is 1. The van der Waals surface area contributed by atoms with E-state index in [4.69, 9.17) is 5.73 Å². The van der Waals surface area contributed by atoms with E-state index in [9.17, 15) is 13.6 Å². The molecular formula is C14H24F2N2O. The van der Waals surface area contributed by atoms with Crippen LogP contribution < -0.4 is 5.73 Å². The topological polar surface area (TPSA) is 46.3 Å². The van der Waals surface area contributed by atoms with Crippen molar-refractivity contribution in [2.75, 3.05) is 19.6 Å². The lowest BCUT2D eigenvalue weighted by molar-refractivity contribution is -0.141. The van der Waals surface area contributed by atoms with Crippen molar-refractivity contribution in [2.24, 2.45) is 17.6 Å². The van der Waals surface area contributed by atoms with Crippen molar-refractivity contribution in [3.8, 4) is 0 Å². The summed E-state index contributed by atoms with van der Waals surface area (Å²) >= 11 is 0. The molecule has 0 aromatic rings. The highest BCUT2D eigenvalue weighted by Crippen LogP contribution is 2.37. The van der Waals surface area contributed by atoms with Crippen molar-refractivity contribution in [3.63, 3.8) is 0 Å². The first-order chi connectivity index (χ1) is 9.02. The fourth-order valence-electron chi connectivity index (χ4n) is 3.28. The highest BCUT2D eigenvalue weighted by atomic mass is 19.3. The highest BCUT2D eigenvalue weighted by Gasteiger charge is 2.39. The van der Waals surface area contributed by atoms with Gasteiger partial charge in [-0.2, -0.15) is 0 Å². The second-order valence-electron chi connectivity index (χ2n) is 6.00. The summed E-state index contributed by atoms with van der Waals surface area (Å²) in [6.45, 7) is 2.21. The molecule has 1 saturated heterocycles. The van der Waals surface area contributed by atoms with Crippen LogP contribution in [0.15, 0.2) is 0 Å². The molecule has 2 aliphatic rings. The molecule has 0 aromatic carbocycles. The van der Waals surface area contributed by atoms with Crippen molar-refractivity contribution >= 4 is 5.91 Å². The molecule has 0 bridgehead atoms. The first-order valence-corrected chi connectivity index (χ1v) is 7.38. The molecule has 2 rings (SSSR count). The van der Waals surface area contributed by atoms with Crippen LogP contribution in [0.1, 0.15) is 44.9 Å². The third-order valence-corrected chi connectivity index (χ3v) is 4.47. The Kier molecular flexibility index (Phi) is 4.76. The summed E-state index contributed by atoms with van der Waals surface area (Å²) in [5, 5.41) is 0. The normalized spacial score (nSPS) is 28.4. The molecule has 1 atom stereocenters. The molecule has 1 unspecified atom stereocenters. The van der Waals surface area contributed by atoms with Crippen LogP contribution in [0.3, 0.4) is 0 Å². The van der Waals surface area contributed by atoms with Gasteiger partial charge in [-0.25, -0.2) is 8.78 Å². The van der Waals surface area contributed by atoms with Crippen LogP contribution in [-0.2, 0) is 4.79 Å². The highest BCUT2D eigenvalue weighted by molar-refractivity contribution is 5.79. The number of rotatable bonds is 3. The first-order valence-electron chi connectivity index (χ1n) is 7.38. The van der Waals surface area contributed by atoms with Crippen LogP contribution in [0.25, 0.3) is 0 Å². The van der Waals surface area contributed by atoms with E-state index in [2.05, 4.69) is 0 Å². The number of halogens is 2. The molecule has 2 fully saturated rings. The van der Waals surface area contributed by atoms with Gasteiger partial charge in [0.05, 0.1) is 0 Å². The Morgan fingerprint density at radius 1 is 1.26 bits per heavy atom. The molecule has 19 heavy (non-hydrogen) atoms. The molecule has 0 aromatic heterocycles. The Morgan fingerprint density at radius 2 is 1.95 bits per heavy atom. The maximum Gasteiger partial charge on any atom is 0.248 e.